The second-order valence-corrected chi connectivity index (χ2v) is 9.28. The predicted molar refractivity (Wildman–Crippen MR) is 86.3 cm³/mol. The van der Waals surface area contributed by atoms with Crippen molar-refractivity contribution in [1.29, 1.82) is 0 Å². The smallest absolute Gasteiger partial charge is 0.256 e. The summed E-state index contributed by atoms with van der Waals surface area (Å²) in [6.45, 7) is 0.253. The molecule has 2 aromatic rings. The van der Waals surface area contributed by atoms with Crippen molar-refractivity contribution in [2.75, 3.05) is 13.1 Å². The van der Waals surface area contributed by atoms with Crippen LogP contribution in [0.2, 0.25) is 0 Å². The second-order valence-electron chi connectivity index (χ2n) is 5.37. The van der Waals surface area contributed by atoms with E-state index in [-0.39, 0.29) is 17.3 Å². The molecular formula is C13H13BrF3N3O2S2. The maximum Gasteiger partial charge on any atom is 0.433 e. The van der Waals surface area contributed by atoms with Gasteiger partial charge in [0.1, 0.15) is 9.90 Å². The zero-order chi connectivity index (χ0) is 17.5. The van der Waals surface area contributed by atoms with Crippen LogP contribution in [-0.4, -0.2) is 35.6 Å². The molecule has 11 heteroatoms. The molecule has 1 fully saturated rings. The number of alkyl halides is 3. The van der Waals surface area contributed by atoms with Crippen molar-refractivity contribution in [2.45, 2.75) is 29.3 Å². The summed E-state index contributed by atoms with van der Waals surface area (Å²) in [5.74, 6) is 0. The second kappa shape index (κ2) is 6.43. The Kier molecular flexibility index (Phi) is 4.80. The molecule has 1 saturated heterocycles. The van der Waals surface area contributed by atoms with E-state index in [2.05, 4.69) is 21.0 Å². The van der Waals surface area contributed by atoms with Gasteiger partial charge in [0, 0.05) is 23.8 Å². The van der Waals surface area contributed by atoms with Crippen LogP contribution in [0.5, 0.6) is 0 Å². The Balaban J connectivity index is 1.88. The van der Waals surface area contributed by atoms with Gasteiger partial charge < -0.3 is 0 Å². The summed E-state index contributed by atoms with van der Waals surface area (Å²) in [4.78, 5) is 0. The van der Waals surface area contributed by atoms with Gasteiger partial charge in [-0.3, -0.25) is 4.68 Å². The van der Waals surface area contributed by atoms with E-state index >= 15 is 0 Å². The monoisotopic (exact) mass is 443 g/mol. The molecule has 0 aromatic carbocycles. The molecule has 1 aliphatic heterocycles. The fraction of sp³-hybridized carbons (Fsp3) is 0.462. The molecule has 0 N–H and O–H groups in total. The van der Waals surface area contributed by atoms with Gasteiger partial charge in [-0.05, 0) is 46.3 Å². The Morgan fingerprint density at radius 3 is 2.71 bits per heavy atom. The zero-order valence-electron chi connectivity index (χ0n) is 12.2. The fourth-order valence-electron chi connectivity index (χ4n) is 2.75. The minimum atomic E-state index is -4.52. The highest BCUT2D eigenvalue weighted by Crippen LogP contribution is 2.36. The average molecular weight is 444 g/mol. The molecule has 3 heterocycles. The summed E-state index contributed by atoms with van der Waals surface area (Å²) in [6, 6.07) is 1.90. The molecule has 0 spiro atoms. The predicted octanol–water partition coefficient (Wildman–Crippen LogP) is 3.75. The highest BCUT2D eigenvalue weighted by atomic mass is 79.9. The summed E-state index contributed by atoms with van der Waals surface area (Å²) in [5.41, 5.74) is -0.857. The number of piperidine rings is 1. The number of hydrogen-bond donors (Lipinski definition) is 0. The molecule has 0 aliphatic carbocycles. The molecule has 132 valence electrons. The highest BCUT2D eigenvalue weighted by molar-refractivity contribution is 9.10. The third kappa shape index (κ3) is 3.26. The van der Waals surface area contributed by atoms with Gasteiger partial charge in [-0.25, -0.2) is 8.42 Å². The standard InChI is InChI=1S/C13H13BrF3N3O2S2/c14-10-4-7-23-12(10)24(21,22)19-6-1-2-9(8-19)20-11(3-5-18-20)13(15,16)17/h3-5,7,9H,1-2,6,8H2/t9-/m1/s1. The normalized spacial score (nSPS) is 20.4. The topological polar surface area (TPSA) is 55.2 Å². The fourth-order valence-corrected chi connectivity index (χ4v) is 6.72. The van der Waals surface area contributed by atoms with E-state index in [4.69, 9.17) is 0 Å². The van der Waals surface area contributed by atoms with Crippen LogP contribution in [0, 0.1) is 0 Å². The molecule has 0 saturated carbocycles. The molecule has 1 atom stereocenters. The Labute approximate surface area is 149 Å². The molecule has 5 nitrogen and oxygen atoms in total. The first-order valence-corrected chi connectivity index (χ1v) is 10.2. The van der Waals surface area contributed by atoms with Crippen LogP contribution < -0.4 is 0 Å². The maximum absolute atomic E-state index is 13.0. The lowest BCUT2D eigenvalue weighted by Crippen LogP contribution is -2.41. The van der Waals surface area contributed by atoms with Crippen molar-refractivity contribution in [2.24, 2.45) is 0 Å². The zero-order valence-corrected chi connectivity index (χ0v) is 15.4. The Bertz CT molecular complexity index is 832. The van der Waals surface area contributed by atoms with Crippen molar-refractivity contribution in [3.05, 3.63) is 33.9 Å². The molecule has 1 aliphatic rings. The molecular weight excluding hydrogens is 431 g/mol. The lowest BCUT2D eigenvalue weighted by molar-refractivity contribution is -0.145. The van der Waals surface area contributed by atoms with Crippen LogP contribution in [0.3, 0.4) is 0 Å². The summed E-state index contributed by atoms with van der Waals surface area (Å²) >= 11 is 4.28. The first-order valence-electron chi connectivity index (χ1n) is 7.05. The van der Waals surface area contributed by atoms with Crippen LogP contribution in [0.15, 0.2) is 32.4 Å². The Hall–Kier alpha value is -0.910. The summed E-state index contributed by atoms with van der Waals surface area (Å²) < 4.78 is 67.3. The molecule has 3 rings (SSSR count). The molecule has 2 aromatic heterocycles. The number of sulfonamides is 1. The number of hydrogen-bond acceptors (Lipinski definition) is 4. The van der Waals surface area contributed by atoms with Crippen molar-refractivity contribution in [3.8, 4) is 0 Å². The van der Waals surface area contributed by atoms with Gasteiger partial charge >= 0.3 is 6.18 Å². The van der Waals surface area contributed by atoms with Crippen LogP contribution >= 0.6 is 27.3 Å². The molecule has 24 heavy (non-hydrogen) atoms. The van der Waals surface area contributed by atoms with Crippen LogP contribution in [0.25, 0.3) is 0 Å². The third-order valence-electron chi connectivity index (χ3n) is 3.82. The van der Waals surface area contributed by atoms with E-state index in [0.29, 0.717) is 17.3 Å². The van der Waals surface area contributed by atoms with Gasteiger partial charge in [0.15, 0.2) is 0 Å². The van der Waals surface area contributed by atoms with E-state index in [0.717, 1.165) is 28.3 Å². The first-order chi connectivity index (χ1) is 11.2. The molecule has 0 radical (unpaired) electrons. The summed E-state index contributed by atoms with van der Waals surface area (Å²) in [5, 5.41) is 5.42. The summed E-state index contributed by atoms with van der Waals surface area (Å²) in [7, 11) is -3.74. The number of rotatable bonds is 3. The van der Waals surface area contributed by atoms with Crippen LogP contribution in [-0.2, 0) is 16.2 Å². The van der Waals surface area contributed by atoms with Gasteiger partial charge in [0.2, 0.25) is 0 Å². The Morgan fingerprint density at radius 2 is 2.08 bits per heavy atom. The SMILES string of the molecule is O=S(=O)(c1sccc1Br)N1CCC[C@@H](n2nccc2C(F)(F)F)C1. The molecule has 0 bridgehead atoms. The minimum Gasteiger partial charge on any atom is -0.256 e. The third-order valence-corrected chi connectivity index (χ3v) is 8.34. The van der Waals surface area contributed by atoms with E-state index in [1.165, 1.54) is 4.31 Å². The first kappa shape index (κ1) is 17.9. The number of thiophene rings is 1. The molecule has 0 unspecified atom stereocenters. The van der Waals surface area contributed by atoms with Gasteiger partial charge in [-0.2, -0.15) is 22.6 Å². The minimum absolute atomic E-state index is 0.0303. The van der Waals surface area contributed by atoms with Crippen molar-refractivity contribution in [1.82, 2.24) is 14.1 Å². The van der Waals surface area contributed by atoms with E-state index in [1.807, 2.05) is 0 Å². The highest BCUT2D eigenvalue weighted by Gasteiger charge is 2.39. The van der Waals surface area contributed by atoms with Crippen LogP contribution in [0.1, 0.15) is 24.6 Å². The van der Waals surface area contributed by atoms with Crippen molar-refractivity contribution < 1.29 is 21.6 Å². The van der Waals surface area contributed by atoms with Crippen molar-refractivity contribution >= 4 is 37.3 Å². The van der Waals surface area contributed by atoms with E-state index < -0.39 is 27.9 Å². The van der Waals surface area contributed by atoms with Crippen LogP contribution in [0.4, 0.5) is 13.2 Å². The molecule has 0 amide bonds. The van der Waals surface area contributed by atoms with E-state index in [1.54, 1.807) is 11.4 Å². The Morgan fingerprint density at radius 1 is 1.33 bits per heavy atom. The largest absolute Gasteiger partial charge is 0.433 e. The lowest BCUT2D eigenvalue weighted by atomic mass is 10.1. The lowest BCUT2D eigenvalue weighted by Gasteiger charge is -2.32. The average Bonchev–Trinajstić information content (AvgIpc) is 3.15. The van der Waals surface area contributed by atoms with Gasteiger partial charge in [0.05, 0.1) is 6.04 Å². The number of aromatic nitrogens is 2. The number of halogens is 4. The van der Waals surface area contributed by atoms with Gasteiger partial charge in [-0.1, -0.05) is 0 Å². The van der Waals surface area contributed by atoms with Crippen molar-refractivity contribution in [3.63, 3.8) is 0 Å². The summed E-state index contributed by atoms with van der Waals surface area (Å²) in [6.07, 6.45) is -2.51. The maximum atomic E-state index is 13.0. The van der Waals surface area contributed by atoms with Gasteiger partial charge in [0.25, 0.3) is 10.0 Å². The van der Waals surface area contributed by atoms with Gasteiger partial charge in [-0.15, -0.1) is 11.3 Å². The quantitative estimate of drug-likeness (QED) is 0.725. The van der Waals surface area contributed by atoms with E-state index in [9.17, 15) is 21.6 Å². The number of nitrogens with zero attached hydrogens (tertiary/aromatic N) is 3.